The number of carbonyl (C=O) groups is 2. The molecule has 1 fully saturated rings. The van der Waals surface area contributed by atoms with Crippen LogP contribution in [0.5, 0.6) is 0 Å². The van der Waals surface area contributed by atoms with Crippen LogP contribution in [0.3, 0.4) is 0 Å². The molecule has 1 aliphatic heterocycles. The number of esters is 1. The van der Waals surface area contributed by atoms with Crippen LogP contribution in [0.2, 0.25) is 0 Å². The molecule has 1 saturated heterocycles. The molecule has 1 rings (SSSR count). The van der Waals surface area contributed by atoms with E-state index >= 15 is 0 Å². The minimum absolute atomic E-state index is 0.0161. The van der Waals surface area contributed by atoms with Gasteiger partial charge in [-0.25, -0.2) is 0 Å². The maximum Gasteiger partial charge on any atom is 0.305 e. The second kappa shape index (κ2) is 6.48. The van der Waals surface area contributed by atoms with Crippen LogP contribution in [-0.4, -0.2) is 50.2 Å². The van der Waals surface area contributed by atoms with Gasteiger partial charge in [0.05, 0.1) is 7.11 Å². The highest BCUT2D eigenvalue weighted by Gasteiger charge is 2.26. The smallest absolute Gasteiger partial charge is 0.305 e. The van der Waals surface area contributed by atoms with Gasteiger partial charge >= 0.3 is 5.97 Å². The number of hydrogen-bond acceptors (Lipinski definition) is 4. The summed E-state index contributed by atoms with van der Waals surface area (Å²) < 4.78 is 9.83. The van der Waals surface area contributed by atoms with E-state index in [0.717, 1.165) is 12.8 Å². The fraction of sp³-hybridized carbons (Fsp3) is 0.818. The molecule has 1 atom stereocenters. The largest absolute Gasteiger partial charge is 0.469 e. The molecule has 0 N–H and O–H groups in total. The molecule has 0 aromatic heterocycles. The lowest BCUT2D eigenvalue weighted by Gasteiger charge is -2.20. The lowest BCUT2D eigenvalue weighted by Crippen LogP contribution is -2.36. The molecule has 16 heavy (non-hydrogen) atoms. The quantitative estimate of drug-likeness (QED) is 0.647. The number of hydrogen-bond donors (Lipinski definition) is 0. The van der Waals surface area contributed by atoms with Gasteiger partial charge in [0, 0.05) is 26.6 Å². The summed E-state index contributed by atoms with van der Waals surface area (Å²) in [7, 11) is 3.10. The molecule has 0 unspecified atom stereocenters. The molecule has 0 saturated carbocycles. The minimum Gasteiger partial charge on any atom is -0.469 e. The monoisotopic (exact) mass is 229 g/mol. The number of methoxy groups -OCH3 is 1. The van der Waals surface area contributed by atoms with Crippen molar-refractivity contribution in [1.29, 1.82) is 0 Å². The second-order valence-electron chi connectivity index (χ2n) is 3.94. The average Bonchev–Trinajstić information content (AvgIpc) is 2.81. The first kappa shape index (κ1) is 13.0. The van der Waals surface area contributed by atoms with E-state index in [0.29, 0.717) is 26.0 Å². The number of nitrogens with zero attached hydrogens (tertiary/aromatic N) is 1. The van der Waals surface area contributed by atoms with Gasteiger partial charge < -0.3 is 14.4 Å². The molecule has 1 heterocycles. The van der Waals surface area contributed by atoms with Crippen LogP contribution in [0.25, 0.3) is 0 Å². The maximum absolute atomic E-state index is 11.8. The first-order chi connectivity index (χ1) is 7.65. The van der Waals surface area contributed by atoms with Crippen molar-refractivity contribution in [1.82, 2.24) is 4.90 Å². The number of amides is 1. The van der Waals surface area contributed by atoms with Gasteiger partial charge in [-0.05, 0) is 19.3 Å². The number of likely N-dealkylation sites (N-methyl/N-ethyl adjacent to an activating group) is 1. The highest BCUT2D eigenvalue weighted by molar-refractivity contribution is 5.80. The highest BCUT2D eigenvalue weighted by atomic mass is 16.5. The maximum atomic E-state index is 11.8. The minimum atomic E-state index is -0.275. The normalized spacial score (nSPS) is 19.5. The average molecular weight is 229 g/mol. The molecular formula is C11H19NO4. The molecule has 1 aliphatic rings. The lowest BCUT2D eigenvalue weighted by atomic mass is 10.2. The summed E-state index contributed by atoms with van der Waals surface area (Å²) in [6.07, 6.45) is 2.46. The predicted molar refractivity (Wildman–Crippen MR) is 57.9 cm³/mol. The highest BCUT2D eigenvalue weighted by Crippen LogP contribution is 2.14. The summed E-state index contributed by atoms with van der Waals surface area (Å²) in [4.78, 5) is 24.3. The summed E-state index contributed by atoms with van der Waals surface area (Å²) >= 11 is 0. The molecule has 0 aromatic rings. The topological polar surface area (TPSA) is 55.8 Å². The summed E-state index contributed by atoms with van der Waals surface area (Å²) in [6, 6.07) is 0. The molecule has 92 valence electrons. The van der Waals surface area contributed by atoms with Crippen LogP contribution >= 0.6 is 0 Å². The van der Waals surface area contributed by atoms with Crippen LogP contribution < -0.4 is 0 Å². The van der Waals surface area contributed by atoms with Crippen LogP contribution in [0.15, 0.2) is 0 Å². The third-order valence-electron chi connectivity index (χ3n) is 2.68. The third-order valence-corrected chi connectivity index (χ3v) is 2.68. The summed E-state index contributed by atoms with van der Waals surface area (Å²) in [6.45, 7) is 1.24. The zero-order chi connectivity index (χ0) is 12.0. The third kappa shape index (κ3) is 3.81. The van der Waals surface area contributed by atoms with E-state index in [4.69, 9.17) is 4.74 Å². The Balaban J connectivity index is 2.20. The predicted octanol–water partition coefficient (Wildman–Crippen LogP) is 0.577. The molecule has 5 heteroatoms. The van der Waals surface area contributed by atoms with E-state index in [-0.39, 0.29) is 18.0 Å². The Morgan fingerprint density at radius 3 is 2.81 bits per heavy atom. The van der Waals surface area contributed by atoms with Crippen molar-refractivity contribution in [2.75, 3.05) is 27.3 Å². The van der Waals surface area contributed by atoms with Gasteiger partial charge in [0.15, 0.2) is 0 Å². The molecule has 1 amide bonds. The van der Waals surface area contributed by atoms with Gasteiger partial charge in [-0.2, -0.15) is 0 Å². The van der Waals surface area contributed by atoms with Crippen molar-refractivity contribution in [2.24, 2.45) is 0 Å². The van der Waals surface area contributed by atoms with Gasteiger partial charge in [0.25, 0.3) is 5.91 Å². The first-order valence-corrected chi connectivity index (χ1v) is 5.58. The van der Waals surface area contributed by atoms with Crippen molar-refractivity contribution >= 4 is 11.9 Å². The van der Waals surface area contributed by atoms with Gasteiger partial charge in [-0.1, -0.05) is 0 Å². The van der Waals surface area contributed by atoms with Crippen molar-refractivity contribution in [3.63, 3.8) is 0 Å². The van der Waals surface area contributed by atoms with Crippen LogP contribution in [0.4, 0.5) is 0 Å². The number of carbonyl (C=O) groups excluding carboxylic acids is 2. The number of rotatable bonds is 5. The van der Waals surface area contributed by atoms with Crippen LogP contribution in [0, 0.1) is 0 Å². The summed E-state index contributed by atoms with van der Waals surface area (Å²) in [5, 5.41) is 0. The summed E-state index contributed by atoms with van der Waals surface area (Å²) in [5.74, 6) is -0.222. The van der Waals surface area contributed by atoms with E-state index in [9.17, 15) is 9.59 Å². The zero-order valence-corrected chi connectivity index (χ0v) is 9.90. The lowest BCUT2D eigenvalue weighted by molar-refractivity contribution is -0.142. The van der Waals surface area contributed by atoms with Crippen LogP contribution in [0.1, 0.15) is 25.7 Å². The second-order valence-corrected chi connectivity index (χ2v) is 3.94. The Morgan fingerprint density at radius 2 is 2.25 bits per heavy atom. The fourth-order valence-corrected chi connectivity index (χ4v) is 1.69. The number of ether oxygens (including phenoxy) is 2. The van der Waals surface area contributed by atoms with Crippen molar-refractivity contribution < 1.29 is 19.1 Å². The molecule has 0 bridgehead atoms. The van der Waals surface area contributed by atoms with Crippen molar-refractivity contribution in [3.05, 3.63) is 0 Å². The van der Waals surface area contributed by atoms with E-state index in [1.165, 1.54) is 7.11 Å². The van der Waals surface area contributed by atoms with Gasteiger partial charge in [0.2, 0.25) is 0 Å². The molecular weight excluding hydrogens is 210 g/mol. The Hall–Kier alpha value is -1.10. The van der Waals surface area contributed by atoms with Crippen LogP contribution in [-0.2, 0) is 19.1 Å². The molecule has 0 aliphatic carbocycles. The Bertz CT molecular complexity index is 248. The Morgan fingerprint density at radius 1 is 1.50 bits per heavy atom. The van der Waals surface area contributed by atoms with Gasteiger partial charge in [-0.3, -0.25) is 9.59 Å². The molecule has 0 spiro atoms. The van der Waals surface area contributed by atoms with E-state index in [1.807, 2.05) is 0 Å². The van der Waals surface area contributed by atoms with Crippen molar-refractivity contribution in [2.45, 2.75) is 31.8 Å². The molecule has 5 nitrogen and oxygen atoms in total. The molecule has 0 radical (unpaired) electrons. The van der Waals surface area contributed by atoms with E-state index < -0.39 is 0 Å². The van der Waals surface area contributed by atoms with E-state index in [1.54, 1.807) is 11.9 Å². The standard InChI is InChI=1S/C11H19NO4/c1-12(7-3-6-10(13)15-2)11(14)9-5-4-8-16-9/h9H,3-8H2,1-2H3/t9-/m0/s1. The zero-order valence-electron chi connectivity index (χ0n) is 9.90. The van der Waals surface area contributed by atoms with Gasteiger partial charge in [0.1, 0.15) is 6.10 Å². The van der Waals surface area contributed by atoms with E-state index in [2.05, 4.69) is 4.74 Å². The van der Waals surface area contributed by atoms with Crippen molar-refractivity contribution in [3.8, 4) is 0 Å². The SMILES string of the molecule is COC(=O)CCCN(C)C(=O)[C@@H]1CCCO1. The Labute approximate surface area is 95.7 Å². The van der Waals surface area contributed by atoms with Gasteiger partial charge in [-0.15, -0.1) is 0 Å². The first-order valence-electron chi connectivity index (χ1n) is 5.58. The molecule has 0 aromatic carbocycles. The summed E-state index contributed by atoms with van der Waals surface area (Å²) in [5.41, 5.74) is 0. The fourth-order valence-electron chi connectivity index (χ4n) is 1.69. The Kier molecular flexibility index (Phi) is 5.25.